The van der Waals surface area contributed by atoms with Crippen LogP contribution in [0.1, 0.15) is 115 Å². The molecular formula is C28H42F2. The molecule has 4 rings (SSSR count). The second-order valence-electron chi connectivity index (χ2n) is 11.0. The van der Waals surface area contributed by atoms with E-state index in [1.165, 1.54) is 89.5 Å². The van der Waals surface area contributed by atoms with Gasteiger partial charge in [-0.05, 0) is 79.2 Å². The minimum Gasteiger partial charge on any atom is -0.204 e. The molecule has 0 heterocycles. The Morgan fingerprint density at radius 3 is 2.13 bits per heavy atom. The fourth-order valence-electron chi connectivity index (χ4n) is 7.14. The first kappa shape index (κ1) is 22.3. The van der Waals surface area contributed by atoms with Gasteiger partial charge in [-0.3, -0.25) is 0 Å². The van der Waals surface area contributed by atoms with Crippen molar-refractivity contribution in [2.24, 2.45) is 29.6 Å². The van der Waals surface area contributed by atoms with Crippen LogP contribution in [0.3, 0.4) is 0 Å². The molecule has 3 aliphatic rings. The average Bonchev–Trinajstić information content (AvgIpc) is 2.78. The Labute approximate surface area is 183 Å². The monoisotopic (exact) mass is 416 g/mol. The zero-order valence-electron chi connectivity index (χ0n) is 19.1. The van der Waals surface area contributed by atoms with Gasteiger partial charge in [0, 0.05) is 0 Å². The maximum Gasteiger partial charge on any atom is 0.162 e. The highest BCUT2D eigenvalue weighted by Crippen LogP contribution is 2.49. The van der Waals surface area contributed by atoms with E-state index in [1.807, 2.05) is 6.07 Å². The molecule has 0 bridgehead atoms. The van der Waals surface area contributed by atoms with Gasteiger partial charge >= 0.3 is 0 Å². The van der Waals surface area contributed by atoms with Gasteiger partial charge in [0.25, 0.3) is 0 Å². The highest BCUT2D eigenvalue weighted by molar-refractivity contribution is 5.23. The molecule has 0 saturated heterocycles. The lowest BCUT2D eigenvalue weighted by Crippen LogP contribution is -2.31. The summed E-state index contributed by atoms with van der Waals surface area (Å²) in [5, 5.41) is 0. The fraction of sp³-hybridized carbons (Fsp3) is 0.786. The van der Waals surface area contributed by atoms with Gasteiger partial charge < -0.3 is 0 Å². The summed E-state index contributed by atoms with van der Waals surface area (Å²) in [4.78, 5) is 0. The highest BCUT2D eigenvalue weighted by atomic mass is 19.2. The van der Waals surface area contributed by atoms with Crippen LogP contribution in [0.5, 0.6) is 0 Å². The molecule has 0 amide bonds. The molecule has 4 atom stereocenters. The first-order valence-electron chi connectivity index (χ1n) is 13.1. The Morgan fingerprint density at radius 1 is 0.733 bits per heavy atom. The molecule has 0 aliphatic heterocycles. The minimum absolute atomic E-state index is 0.224. The van der Waals surface area contributed by atoms with Crippen molar-refractivity contribution in [1.29, 1.82) is 0 Å². The quantitative estimate of drug-likeness (QED) is 0.416. The van der Waals surface area contributed by atoms with Crippen LogP contribution in [0.2, 0.25) is 0 Å². The molecule has 0 spiro atoms. The maximum atomic E-state index is 14.3. The predicted molar refractivity (Wildman–Crippen MR) is 121 cm³/mol. The van der Waals surface area contributed by atoms with Crippen LogP contribution in [0, 0.1) is 41.2 Å². The van der Waals surface area contributed by atoms with Crippen LogP contribution in [-0.4, -0.2) is 0 Å². The number of hydrogen-bond acceptors (Lipinski definition) is 0. The molecule has 1 aromatic carbocycles. The summed E-state index contributed by atoms with van der Waals surface area (Å²) in [5.41, 5.74) is 0.630. The van der Waals surface area contributed by atoms with E-state index in [1.54, 1.807) is 6.07 Å². The third-order valence-electron chi connectivity index (χ3n) is 9.06. The lowest BCUT2D eigenvalue weighted by atomic mass is 9.63. The van der Waals surface area contributed by atoms with Crippen LogP contribution < -0.4 is 0 Å². The summed E-state index contributed by atoms with van der Waals surface area (Å²) in [6.07, 6.45) is 20.5. The largest absolute Gasteiger partial charge is 0.204 e. The molecule has 0 N–H and O–H groups in total. The Hall–Kier alpha value is -0.920. The number of unbranched alkanes of at least 4 members (excludes halogenated alkanes) is 1. The second-order valence-corrected chi connectivity index (χ2v) is 11.0. The van der Waals surface area contributed by atoms with Gasteiger partial charge in [-0.25, -0.2) is 8.78 Å². The van der Waals surface area contributed by atoms with E-state index in [4.69, 9.17) is 0 Å². The van der Waals surface area contributed by atoms with Gasteiger partial charge in [0.1, 0.15) is 0 Å². The van der Waals surface area contributed by atoms with E-state index in [2.05, 4.69) is 6.92 Å². The molecule has 0 nitrogen and oxygen atoms in total. The molecule has 3 saturated carbocycles. The minimum atomic E-state index is -0.683. The van der Waals surface area contributed by atoms with E-state index in [-0.39, 0.29) is 5.92 Å². The van der Waals surface area contributed by atoms with E-state index in [0.717, 1.165) is 42.4 Å². The van der Waals surface area contributed by atoms with Crippen LogP contribution in [0.25, 0.3) is 0 Å². The fourth-order valence-corrected chi connectivity index (χ4v) is 7.14. The second kappa shape index (κ2) is 10.6. The normalized spacial score (nSPS) is 34.5. The highest BCUT2D eigenvalue weighted by Gasteiger charge is 2.37. The molecule has 3 aliphatic carbocycles. The van der Waals surface area contributed by atoms with Crippen molar-refractivity contribution in [3.05, 3.63) is 35.4 Å². The van der Waals surface area contributed by atoms with Crippen molar-refractivity contribution >= 4 is 0 Å². The summed E-state index contributed by atoms with van der Waals surface area (Å²) < 4.78 is 27.9. The summed E-state index contributed by atoms with van der Waals surface area (Å²) >= 11 is 0. The number of rotatable bonds is 7. The topological polar surface area (TPSA) is 0 Å². The summed E-state index contributed by atoms with van der Waals surface area (Å²) in [6, 6.07) is 4.73. The zero-order chi connectivity index (χ0) is 20.9. The first-order valence-corrected chi connectivity index (χ1v) is 13.1. The molecular weight excluding hydrogens is 374 g/mol. The van der Waals surface area contributed by atoms with Crippen LogP contribution in [0.15, 0.2) is 18.2 Å². The molecule has 0 aromatic heterocycles. The van der Waals surface area contributed by atoms with Gasteiger partial charge in [0.05, 0.1) is 0 Å². The van der Waals surface area contributed by atoms with Crippen LogP contribution in [-0.2, 0) is 0 Å². The zero-order valence-corrected chi connectivity index (χ0v) is 19.1. The van der Waals surface area contributed by atoms with Crippen molar-refractivity contribution in [2.45, 2.75) is 109 Å². The average molecular weight is 417 g/mol. The van der Waals surface area contributed by atoms with Crippen molar-refractivity contribution in [1.82, 2.24) is 0 Å². The molecule has 168 valence electrons. The Bertz CT molecular complexity index is 661. The van der Waals surface area contributed by atoms with Gasteiger partial charge in [-0.2, -0.15) is 0 Å². The number of hydrogen-bond donors (Lipinski definition) is 0. The Morgan fingerprint density at radius 2 is 1.37 bits per heavy atom. The maximum absolute atomic E-state index is 14.3. The third kappa shape index (κ3) is 5.46. The van der Waals surface area contributed by atoms with Gasteiger partial charge in [-0.15, -0.1) is 0 Å². The number of halogens is 2. The number of benzene rings is 1. The van der Waals surface area contributed by atoms with Crippen molar-refractivity contribution < 1.29 is 8.78 Å². The van der Waals surface area contributed by atoms with E-state index in [0.29, 0.717) is 5.56 Å². The molecule has 1 aromatic rings. The SMILES string of the molecule is CCCCC1CCC(CCC2CCC3CC(c4cccc(F)c4F)CCC3C2)CC1. The predicted octanol–water partition coefficient (Wildman–Crippen LogP) is 9.04. The summed E-state index contributed by atoms with van der Waals surface area (Å²) in [5.74, 6) is 3.45. The standard InChI is InChI=1S/C28H42F2/c1-2-3-5-20-8-10-21(11-9-20)12-13-22-14-15-24-19-25(17-16-23(24)18-22)26-6-4-7-27(29)28(26)30/h4,6-7,20-25H,2-3,5,8-19H2,1H3. The Balaban J connectivity index is 1.20. The molecule has 0 radical (unpaired) electrons. The van der Waals surface area contributed by atoms with Crippen LogP contribution >= 0.6 is 0 Å². The summed E-state index contributed by atoms with van der Waals surface area (Å²) in [7, 11) is 0. The Kier molecular flexibility index (Phi) is 7.87. The first-order chi connectivity index (χ1) is 14.6. The van der Waals surface area contributed by atoms with Gasteiger partial charge in [-0.1, -0.05) is 83.3 Å². The van der Waals surface area contributed by atoms with Gasteiger partial charge in [0.15, 0.2) is 11.6 Å². The van der Waals surface area contributed by atoms with Gasteiger partial charge in [0.2, 0.25) is 0 Å². The number of fused-ring (bicyclic) bond motifs is 1. The smallest absolute Gasteiger partial charge is 0.162 e. The molecule has 3 fully saturated rings. The lowest BCUT2D eigenvalue weighted by molar-refractivity contribution is 0.108. The van der Waals surface area contributed by atoms with Crippen molar-refractivity contribution in [3.8, 4) is 0 Å². The van der Waals surface area contributed by atoms with Crippen molar-refractivity contribution in [2.75, 3.05) is 0 Å². The van der Waals surface area contributed by atoms with Crippen molar-refractivity contribution in [3.63, 3.8) is 0 Å². The van der Waals surface area contributed by atoms with E-state index in [9.17, 15) is 8.78 Å². The molecule has 2 heteroatoms. The molecule has 30 heavy (non-hydrogen) atoms. The molecule has 4 unspecified atom stereocenters. The van der Waals surface area contributed by atoms with E-state index >= 15 is 0 Å². The van der Waals surface area contributed by atoms with Crippen LogP contribution in [0.4, 0.5) is 8.78 Å². The third-order valence-corrected chi connectivity index (χ3v) is 9.06. The summed E-state index contributed by atoms with van der Waals surface area (Å²) in [6.45, 7) is 2.31. The lowest BCUT2D eigenvalue weighted by Gasteiger charge is -2.43. The van der Waals surface area contributed by atoms with E-state index < -0.39 is 11.6 Å².